The SMILES string of the molecule is Cc1oc(-n2cccc2)c(C#N)c1C(=O)N1CCCC(c2n[nH]c(C3CC3)n2)C1. The summed E-state index contributed by atoms with van der Waals surface area (Å²) in [6.07, 6.45) is 7.77. The first-order chi connectivity index (χ1) is 14.2. The minimum absolute atomic E-state index is 0.109. The lowest BCUT2D eigenvalue weighted by atomic mass is 9.96. The van der Waals surface area contributed by atoms with Gasteiger partial charge in [-0.1, -0.05) is 0 Å². The van der Waals surface area contributed by atoms with Crippen molar-refractivity contribution >= 4 is 5.91 Å². The summed E-state index contributed by atoms with van der Waals surface area (Å²) in [5, 5.41) is 17.2. The Hall–Kier alpha value is -3.34. The second-order valence-electron chi connectivity index (χ2n) is 7.86. The number of aromatic amines is 1. The van der Waals surface area contributed by atoms with E-state index in [2.05, 4.69) is 21.3 Å². The molecule has 0 radical (unpaired) electrons. The lowest BCUT2D eigenvalue weighted by Gasteiger charge is -2.31. The summed E-state index contributed by atoms with van der Waals surface area (Å²) in [6.45, 7) is 2.94. The van der Waals surface area contributed by atoms with Crippen LogP contribution in [-0.2, 0) is 0 Å². The molecule has 0 aromatic carbocycles. The minimum Gasteiger partial charge on any atom is -0.443 e. The van der Waals surface area contributed by atoms with Crippen LogP contribution in [0.1, 0.15) is 70.8 Å². The van der Waals surface area contributed by atoms with Gasteiger partial charge in [0, 0.05) is 37.3 Å². The summed E-state index contributed by atoms with van der Waals surface area (Å²) in [5.74, 6) is 3.08. The molecule has 8 nitrogen and oxygen atoms in total. The lowest BCUT2D eigenvalue weighted by molar-refractivity contribution is 0.0702. The number of hydrogen-bond acceptors (Lipinski definition) is 5. The molecule has 1 aliphatic carbocycles. The highest BCUT2D eigenvalue weighted by Crippen LogP contribution is 2.38. The van der Waals surface area contributed by atoms with Gasteiger partial charge in [0.05, 0.1) is 0 Å². The Morgan fingerprint density at radius 2 is 2.07 bits per heavy atom. The smallest absolute Gasteiger partial charge is 0.258 e. The number of carbonyl (C=O) groups is 1. The minimum atomic E-state index is -0.163. The zero-order chi connectivity index (χ0) is 20.0. The third-order valence-corrected chi connectivity index (χ3v) is 5.79. The van der Waals surface area contributed by atoms with Gasteiger partial charge in [0.25, 0.3) is 5.91 Å². The molecule has 29 heavy (non-hydrogen) atoms. The lowest BCUT2D eigenvalue weighted by Crippen LogP contribution is -2.39. The van der Waals surface area contributed by atoms with Gasteiger partial charge in [-0.05, 0) is 44.7 Å². The number of hydrogen-bond donors (Lipinski definition) is 1. The summed E-state index contributed by atoms with van der Waals surface area (Å²) >= 11 is 0. The molecule has 4 heterocycles. The van der Waals surface area contributed by atoms with Crippen LogP contribution in [0.2, 0.25) is 0 Å². The molecule has 8 heteroatoms. The number of nitrogens with zero attached hydrogens (tertiary/aromatic N) is 5. The number of aromatic nitrogens is 4. The number of aryl methyl sites for hydroxylation is 1. The number of amides is 1. The Balaban J connectivity index is 1.40. The van der Waals surface area contributed by atoms with Crippen LogP contribution in [0.3, 0.4) is 0 Å². The molecule has 1 atom stereocenters. The topological polar surface area (TPSA) is 104 Å². The van der Waals surface area contributed by atoms with Gasteiger partial charge in [-0.15, -0.1) is 0 Å². The first-order valence-electron chi connectivity index (χ1n) is 10.0. The van der Waals surface area contributed by atoms with Crippen molar-refractivity contribution in [2.75, 3.05) is 13.1 Å². The molecule has 2 fully saturated rings. The number of rotatable bonds is 4. The van der Waals surface area contributed by atoms with Gasteiger partial charge in [-0.25, -0.2) is 4.98 Å². The maximum absolute atomic E-state index is 13.3. The molecule has 0 bridgehead atoms. The van der Waals surface area contributed by atoms with Crippen molar-refractivity contribution in [3.63, 3.8) is 0 Å². The van der Waals surface area contributed by atoms with E-state index in [1.165, 1.54) is 12.8 Å². The molecule has 1 aliphatic heterocycles. The van der Waals surface area contributed by atoms with E-state index in [0.29, 0.717) is 36.2 Å². The highest BCUT2D eigenvalue weighted by Gasteiger charge is 2.34. The van der Waals surface area contributed by atoms with Crippen LogP contribution >= 0.6 is 0 Å². The van der Waals surface area contributed by atoms with Gasteiger partial charge in [0.2, 0.25) is 5.88 Å². The fraction of sp³-hybridized carbons (Fsp3) is 0.429. The van der Waals surface area contributed by atoms with Crippen LogP contribution in [0.4, 0.5) is 0 Å². The van der Waals surface area contributed by atoms with Crippen LogP contribution in [0.5, 0.6) is 0 Å². The summed E-state index contributed by atoms with van der Waals surface area (Å²) in [6, 6.07) is 5.87. The number of likely N-dealkylation sites (tertiary alicyclic amines) is 1. The Morgan fingerprint density at radius 3 is 2.79 bits per heavy atom. The molecule has 1 amide bonds. The monoisotopic (exact) mass is 390 g/mol. The molecular formula is C21H22N6O2. The van der Waals surface area contributed by atoms with Gasteiger partial charge in [-0.2, -0.15) is 10.4 Å². The average molecular weight is 390 g/mol. The number of H-pyrrole nitrogens is 1. The zero-order valence-corrected chi connectivity index (χ0v) is 16.3. The van der Waals surface area contributed by atoms with Crippen molar-refractivity contribution in [1.29, 1.82) is 5.26 Å². The summed E-state index contributed by atoms with van der Waals surface area (Å²) in [5.41, 5.74) is 0.630. The molecule has 1 saturated heterocycles. The standard InChI is InChI=1S/C21H22N6O2/c1-13-17(16(11-22)21(29-13)26-8-2-3-9-26)20(28)27-10-4-5-15(12-27)19-23-18(24-25-19)14-6-7-14/h2-3,8-9,14-15H,4-7,10,12H2,1H3,(H,23,24,25). The van der Waals surface area contributed by atoms with Gasteiger partial charge in [0.15, 0.2) is 5.82 Å². The van der Waals surface area contributed by atoms with Crippen molar-refractivity contribution in [1.82, 2.24) is 24.6 Å². The second kappa shape index (κ2) is 6.92. The molecule has 1 N–H and O–H groups in total. The van der Waals surface area contributed by atoms with Crippen LogP contribution in [0.25, 0.3) is 5.88 Å². The number of furan rings is 1. The van der Waals surface area contributed by atoms with Crippen molar-refractivity contribution in [3.05, 3.63) is 53.1 Å². The summed E-state index contributed by atoms with van der Waals surface area (Å²) in [7, 11) is 0. The number of nitrogens with one attached hydrogen (secondary N) is 1. The van der Waals surface area contributed by atoms with Crippen molar-refractivity contribution in [3.8, 4) is 12.0 Å². The normalized spacial score (nSPS) is 19.3. The van der Waals surface area contributed by atoms with E-state index in [0.717, 1.165) is 24.5 Å². The van der Waals surface area contributed by atoms with Gasteiger partial charge in [-0.3, -0.25) is 14.5 Å². The van der Waals surface area contributed by atoms with E-state index in [4.69, 9.17) is 4.42 Å². The van der Waals surface area contributed by atoms with Crippen molar-refractivity contribution < 1.29 is 9.21 Å². The van der Waals surface area contributed by atoms with Crippen LogP contribution in [0.15, 0.2) is 28.9 Å². The van der Waals surface area contributed by atoms with E-state index in [-0.39, 0.29) is 17.4 Å². The van der Waals surface area contributed by atoms with E-state index in [1.807, 2.05) is 12.1 Å². The van der Waals surface area contributed by atoms with Gasteiger partial charge >= 0.3 is 0 Å². The summed E-state index contributed by atoms with van der Waals surface area (Å²) < 4.78 is 7.52. The molecule has 2 aliphatic rings. The third kappa shape index (κ3) is 3.12. The molecule has 3 aromatic rings. The quantitative estimate of drug-likeness (QED) is 0.736. The predicted octanol–water partition coefficient (Wildman–Crippen LogP) is 3.27. The highest BCUT2D eigenvalue weighted by atomic mass is 16.4. The largest absolute Gasteiger partial charge is 0.443 e. The number of nitriles is 1. The Labute approximate surface area is 168 Å². The number of piperidine rings is 1. The number of carbonyl (C=O) groups excluding carboxylic acids is 1. The van der Waals surface area contributed by atoms with Gasteiger partial charge < -0.3 is 9.32 Å². The van der Waals surface area contributed by atoms with Crippen molar-refractivity contribution in [2.24, 2.45) is 0 Å². The van der Waals surface area contributed by atoms with Crippen LogP contribution in [0, 0.1) is 18.3 Å². The van der Waals surface area contributed by atoms with E-state index >= 15 is 0 Å². The maximum Gasteiger partial charge on any atom is 0.258 e. The Morgan fingerprint density at radius 1 is 1.28 bits per heavy atom. The molecule has 3 aromatic heterocycles. The van der Waals surface area contributed by atoms with Crippen LogP contribution < -0.4 is 0 Å². The predicted molar refractivity (Wildman–Crippen MR) is 104 cm³/mol. The first kappa shape index (κ1) is 17.7. The average Bonchev–Trinajstić information content (AvgIpc) is 3.14. The van der Waals surface area contributed by atoms with Gasteiger partial charge in [0.1, 0.15) is 28.8 Å². The molecule has 148 valence electrons. The maximum atomic E-state index is 13.3. The Kier molecular flexibility index (Phi) is 4.23. The van der Waals surface area contributed by atoms with E-state index < -0.39 is 0 Å². The summed E-state index contributed by atoms with van der Waals surface area (Å²) in [4.78, 5) is 19.8. The third-order valence-electron chi connectivity index (χ3n) is 5.79. The fourth-order valence-electron chi connectivity index (χ4n) is 4.08. The fourth-order valence-corrected chi connectivity index (χ4v) is 4.08. The molecular weight excluding hydrogens is 368 g/mol. The zero-order valence-electron chi connectivity index (χ0n) is 16.3. The van der Waals surface area contributed by atoms with E-state index in [9.17, 15) is 10.1 Å². The highest BCUT2D eigenvalue weighted by molar-refractivity contribution is 5.98. The Bertz CT molecular complexity index is 1080. The van der Waals surface area contributed by atoms with Crippen molar-refractivity contribution in [2.45, 2.75) is 44.4 Å². The van der Waals surface area contributed by atoms with E-state index in [1.54, 1.807) is 28.8 Å². The second-order valence-corrected chi connectivity index (χ2v) is 7.86. The first-order valence-corrected chi connectivity index (χ1v) is 10.0. The van der Waals surface area contributed by atoms with Crippen LogP contribution in [-0.4, -0.2) is 43.6 Å². The molecule has 1 saturated carbocycles. The molecule has 5 rings (SSSR count). The molecule has 1 unspecified atom stereocenters. The molecule has 0 spiro atoms.